The van der Waals surface area contributed by atoms with Gasteiger partial charge >= 0.3 is 0 Å². The molecule has 1 saturated heterocycles. The van der Waals surface area contributed by atoms with Crippen molar-refractivity contribution in [1.29, 1.82) is 0 Å². The summed E-state index contributed by atoms with van der Waals surface area (Å²) in [4.78, 5) is 14.2. The molecule has 0 aliphatic carbocycles. The summed E-state index contributed by atoms with van der Waals surface area (Å²) >= 11 is 11.9. The fourth-order valence-corrected chi connectivity index (χ4v) is 2.98. The lowest BCUT2D eigenvalue weighted by Gasteiger charge is -2.30. The molecule has 118 valence electrons. The third kappa shape index (κ3) is 5.03. The highest BCUT2D eigenvalue weighted by molar-refractivity contribution is 6.42. The maximum atomic E-state index is 12.4. The zero-order chi connectivity index (χ0) is 14.7. The third-order valence-corrected chi connectivity index (χ3v) is 4.49. The molecule has 6 heteroatoms. The van der Waals surface area contributed by atoms with E-state index in [0.717, 1.165) is 24.9 Å². The van der Waals surface area contributed by atoms with Crippen molar-refractivity contribution in [3.8, 4) is 0 Å². The Bertz CT molecular complexity index is 496. The Balaban J connectivity index is 0.00000220. The maximum absolute atomic E-state index is 12.4. The number of carbonyl (C=O) groups excluding carboxylic acids is 1. The van der Waals surface area contributed by atoms with E-state index >= 15 is 0 Å². The van der Waals surface area contributed by atoms with Crippen LogP contribution in [-0.4, -0.2) is 30.4 Å². The van der Waals surface area contributed by atoms with Crippen LogP contribution in [0, 0.1) is 5.92 Å². The number of halogens is 3. The molecule has 0 bridgehead atoms. The van der Waals surface area contributed by atoms with Crippen LogP contribution >= 0.6 is 35.6 Å². The van der Waals surface area contributed by atoms with Crippen LogP contribution in [0.1, 0.15) is 25.3 Å². The molecule has 2 rings (SSSR count). The van der Waals surface area contributed by atoms with Gasteiger partial charge in [-0.1, -0.05) is 29.3 Å². The van der Waals surface area contributed by atoms with Crippen LogP contribution in [0.25, 0.3) is 0 Å². The van der Waals surface area contributed by atoms with E-state index in [4.69, 9.17) is 23.2 Å². The Hall–Kier alpha value is -0.480. The normalized spacial score (nSPS) is 21.5. The first-order valence-corrected chi connectivity index (χ1v) is 7.65. The molecule has 1 aromatic rings. The lowest BCUT2D eigenvalue weighted by Crippen LogP contribution is -2.42. The summed E-state index contributed by atoms with van der Waals surface area (Å²) in [5, 5.41) is 4.43. The molecule has 1 fully saturated rings. The molecule has 1 amide bonds. The zero-order valence-electron chi connectivity index (χ0n) is 12.2. The van der Waals surface area contributed by atoms with Crippen molar-refractivity contribution in [2.75, 3.05) is 13.6 Å². The second-order valence-corrected chi connectivity index (χ2v) is 6.33. The molecular formula is C15H21Cl3N2O. The van der Waals surface area contributed by atoms with Crippen molar-refractivity contribution in [3.63, 3.8) is 0 Å². The second-order valence-electron chi connectivity index (χ2n) is 5.52. The average molecular weight is 352 g/mol. The minimum Gasteiger partial charge on any atom is -0.341 e. The number of carbonyl (C=O) groups is 1. The van der Waals surface area contributed by atoms with E-state index in [9.17, 15) is 4.79 Å². The fraction of sp³-hybridized carbons (Fsp3) is 0.533. The van der Waals surface area contributed by atoms with Gasteiger partial charge in [0.25, 0.3) is 0 Å². The van der Waals surface area contributed by atoms with E-state index in [1.165, 1.54) is 0 Å². The van der Waals surface area contributed by atoms with Gasteiger partial charge in [0.05, 0.1) is 10.0 Å². The Kier molecular flexibility index (Phi) is 7.28. The maximum Gasteiger partial charge on any atom is 0.225 e. The van der Waals surface area contributed by atoms with Crippen LogP contribution in [0.3, 0.4) is 0 Å². The van der Waals surface area contributed by atoms with Crippen molar-refractivity contribution in [2.45, 2.75) is 32.4 Å². The van der Waals surface area contributed by atoms with Gasteiger partial charge < -0.3 is 10.2 Å². The Morgan fingerprint density at radius 3 is 2.71 bits per heavy atom. The highest BCUT2D eigenvalue weighted by Gasteiger charge is 2.26. The summed E-state index contributed by atoms with van der Waals surface area (Å²) in [5.74, 6) is 0.337. The summed E-state index contributed by atoms with van der Waals surface area (Å²) in [7, 11) is 1.84. The number of hydrogen-bond acceptors (Lipinski definition) is 2. The monoisotopic (exact) mass is 350 g/mol. The first-order chi connectivity index (χ1) is 9.47. The Labute approximate surface area is 142 Å². The summed E-state index contributed by atoms with van der Waals surface area (Å²) in [6.07, 6.45) is 1.82. The van der Waals surface area contributed by atoms with Crippen molar-refractivity contribution in [3.05, 3.63) is 33.8 Å². The van der Waals surface area contributed by atoms with Gasteiger partial charge in [-0.25, -0.2) is 0 Å². The topological polar surface area (TPSA) is 32.3 Å². The molecule has 0 radical (unpaired) electrons. The number of rotatable bonds is 3. The van der Waals surface area contributed by atoms with Gasteiger partial charge in [0.15, 0.2) is 0 Å². The van der Waals surface area contributed by atoms with E-state index in [1.54, 1.807) is 11.0 Å². The van der Waals surface area contributed by atoms with E-state index in [2.05, 4.69) is 12.2 Å². The van der Waals surface area contributed by atoms with Crippen LogP contribution in [0.5, 0.6) is 0 Å². The highest BCUT2D eigenvalue weighted by atomic mass is 35.5. The first-order valence-electron chi connectivity index (χ1n) is 6.89. The van der Waals surface area contributed by atoms with Gasteiger partial charge in [-0.15, -0.1) is 12.4 Å². The zero-order valence-corrected chi connectivity index (χ0v) is 14.6. The second kappa shape index (κ2) is 8.23. The smallest absolute Gasteiger partial charge is 0.225 e. The number of hydrogen-bond donors (Lipinski definition) is 1. The third-order valence-electron chi connectivity index (χ3n) is 3.75. The molecule has 1 aliphatic rings. The molecular weight excluding hydrogens is 331 g/mol. The predicted octanol–water partition coefficient (Wildman–Crippen LogP) is 3.76. The van der Waals surface area contributed by atoms with Gasteiger partial charge in [0.1, 0.15) is 0 Å². The number of nitrogens with zero attached hydrogens (tertiary/aromatic N) is 1. The molecule has 2 atom stereocenters. The van der Waals surface area contributed by atoms with Crippen molar-refractivity contribution in [2.24, 2.45) is 5.92 Å². The summed E-state index contributed by atoms with van der Waals surface area (Å²) in [6.45, 7) is 3.60. The van der Waals surface area contributed by atoms with E-state index < -0.39 is 0 Å². The van der Waals surface area contributed by atoms with Gasteiger partial charge in [0, 0.05) is 25.6 Å². The van der Waals surface area contributed by atoms with Crippen molar-refractivity contribution in [1.82, 2.24) is 10.2 Å². The molecule has 0 unspecified atom stereocenters. The van der Waals surface area contributed by atoms with Crippen LogP contribution in [0.2, 0.25) is 10.0 Å². The molecule has 0 spiro atoms. The van der Waals surface area contributed by atoms with Crippen LogP contribution in [0.15, 0.2) is 18.2 Å². The quantitative estimate of drug-likeness (QED) is 0.899. The van der Waals surface area contributed by atoms with Gasteiger partial charge in [-0.2, -0.15) is 0 Å². The summed E-state index contributed by atoms with van der Waals surface area (Å²) in [6, 6.07) is 5.91. The Morgan fingerprint density at radius 2 is 2.10 bits per heavy atom. The molecule has 21 heavy (non-hydrogen) atoms. The molecule has 0 saturated carbocycles. The fourth-order valence-electron chi connectivity index (χ4n) is 2.66. The number of nitrogens with one attached hydrogen (secondary N) is 1. The van der Waals surface area contributed by atoms with E-state index in [0.29, 0.717) is 22.6 Å². The molecule has 1 N–H and O–H groups in total. The van der Waals surface area contributed by atoms with E-state index in [-0.39, 0.29) is 24.2 Å². The molecule has 1 aliphatic heterocycles. The standard InChI is InChI=1S/C15H20Cl2N2O.ClH/c1-10-7-12(5-6-18-10)15(20)19(2)9-11-3-4-13(16)14(17)8-11;/h3-4,8,10,12,18H,5-7,9H2,1-2H3;1H/t10-,12-;/m0./s1. The lowest BCUT2D eigenvalue weighted by atomic mass is 9.92. The number of benzene rings is 1. The van der Waals surface area contributed by atoms with Gasteiger partial charge in [-0.3, -0.25) is 4.79 Å². The Morgan fingerprint density at radius 1 is 1.38 bits per heavy atom. The van der Waals surface area contributed by atoms with Gasteiger partial charge in [-0.05, 0) is 44.0 Å². The molecule has 3 nitrogen and oxygen atoms in total. The molecule has 1 heterocycles. The minimum absolute atomic E-state index is 0. The minimum atomic E-state index is 0. The largest absolute Gasteiger partial charge is 0.341 e. The van der Waals surface area contributed by atoms with Gasteiger partial charge in [0.2, 0.25) is 5.91 Å². The summed E-state index contributed by atoms with van der Waals surface area (Å²) in [5.41, 5.74) is 0.997. The number of amides is 1. The van der Waals surface area contributed by atoms with Crippen LogP contribution in [-0.2, 0) is 11.3 Å². The van der Waals surface area contributed by atoms with Crippen molar-refractivity contribution >= 4 is 41.5 Å². The van der Waals surface area contributed by atoms with Crippen LogP contribution in [0.4, 0.5) is 0 Å². The van der Waals surface area contributed by atoms with Crippen LogP contribution < -0.4 is 5.32 Å². The number of piperidine rings is 1. The average Bonchev–Trinajstić information content (AvgIpc) is 2.42. The lowest BCUT2D eigenvalue weighted by molar-refractivity contribution is -0.135. The predicted molar refractivity (Wildman–Crippen MR) is 90.4 cm³/mol. The first kappa shape index (κ1) is 18.6. The van der Waals surface area contributed by atoms with Crippen molar-refractivity contribution < 1.29 is 4.79 Å². The molecule has 1 aromatic carbocycles. The highest BCUT2D eigenvalue weighted by Crippen LogP contribution is 2.24. The van der Waals surface area contributed by atoms with E-state index in [1.807, 2.05) is 19.2 Å². The summed E-state index contributed by atoms with van der Waals surface area (Å²) < 4.78 is 0. The SMILES string of the molecule is C[C@H]1C[C@@H](C(=O)N(C)Cc2ccc(Cl)c(Cl)c2)CCN1.Cl. The molecule has 0 aromatic heterocycles.